The Labute approximate surface area is 218 Å². The van der Waals surface area contributed by atoms with Crippen LogP contribution in [0.2, 0.25) is 0 Å². The summed E-state index contributed by atoms with van der Waals surface area (Å²) < 4.78 is 16.5. The highest BCUT2D eigenvalue weighted by atomic mass is 16.6. The topological polar surface area (TPSA) is 97.7 Å². The lowest BCUT2D eigenvalue weighted by molar-refractivity contribution is -0.124. The van der Waals surface area contributed by atoms with Crippen molar-refractivity contribution < 1.29 is 28.6 Å². The van der Waals surface area contributed by atoms with Crippen molar-refractivity contribution in [1.82, 2.24) is 5.01 Å². The second kappa shape index (κ2) is 8.44. The van der Waals surface area contributed by atoms with E-state index in [0.29, 0.717) is 41.7 Å². The van der Waals surface area contributed by atoms with Gasteiger partial charge >= 0.3 is 0 Å². The Bertz CT molecular complexity index is 1520. The number of rotatable bonds is 4. The lowest BCUT2D eigenvalue weighted by atomic mass is 9.83. The second-order valence-corrected chi connectivity index (χ2v) is 9.63. The zero-order valence-electron chi connectivity index (χ0n) is 20.4. The molecule has 0 bridgehead atoms. The van der Waals surface area contributed by atoms with Crippen LogP contribution in [0.4, 0.5) is 5.69 Å². The number of ketones is 1. The summed E-state index contributed by atoms with van der Waals surface area (Å²) >= 11 is 0. The van der Waals surface area contributed by atoms with Gasteiger partial charge < -0.3 is 14.2 Å². The molecule has 4 heterocycles. The molecular formula is C29H23N3O6. The first-order chi connectivity index (χ1) is 18.6. The number of imide groups is 1. The minimum Gasteiger partial charge on any atom is -0.497 e. The first kappa shape index (κ1) is 22.5. The van der Waals surface area contributed by atoms with Crippen LogP contribution in [-0.2, 0) is 9.59 Å². The molecule has 0 unspecified atom stereocenters. The predicted octanol–water partition coefficient (Wildman–Crippen LogP) is 3.23. The lowest BCUT2D eigenvalue weighted by Gasteiger charge is -2.34. The first-order valence-electron chi connectivity index (χ1n) is 12.4. The van der Waals surface area contributed by atoms with Crippen molar-refractivity contribution >= 4 is 29.5 Å². The number of amides is 2. The Morgan fingerprint density at radius 2 is 1.66 bits per heavy atom. The van der Waals surface area contributed by atoms with Gasteiger partial charge in [-0.05, 0) is 47.5 Å². The summed E-state index contributed by atoms with van der Waals surface area (Å²) in [6.45, 7) is 0.818. The Hall–Kier alpha value is -4.66. The van der Waals surface area contributed by atoms with Gasteiger partial charge in [0, 0.05) is 11.6 Å². The van der Waals surface area contributed by atoms with Crippen LogP contribution in [0.15, 0.2) is 71.8 Å². The van der Waals surface area contributed by atoms with Gasteiger partial charge in [0.15, 0.2) is 17.3 Å². The third-order valence-corrected chi connectivity index (χ3v) is 7.72. The van der Waals surface area contributed by atoms with E-state index in [-0.39, 0.29) is 11.7 Å². The summed E-state index contributed by atoms with van der Waals surface area (Å²) in [4.78, 5) is 43.3. The minimum absolute atomic E-state index is 0.271. The highest BCUT2D eigenvalue weighted by molar-refractivity contribution is 6.24. The van der Waals surface area contributed by atoms with Crippen LogP contribution >= 0.6 is 0 Å². The fourth-order valence-corrected chi connectivity index (χ4v) is 6.02. The fraction of sp³-hybridized carbons (Fsp3) is 0.241. The van der Waals surface area contributed by atoms with Crippen LogP contribution in [0.3, 0.4) is 0 Å². The molecule has 4 aliphatic heterocycles. The third kappa shape index (κ3) is 3.17. The summed E-state index contributed by atoms with van der Waals surface area (Å²) in [5.74, 6) is -1.08. The number of carbonyl (C=O) groups excluding carboxylic acids is 3. The van der Waals surface area contributed by atoms with Gasteiger partial charge in [0.25, 0.3) is 0 Å². The van der Waals surface area contributed by atoms with Crippen LogP contribution in [0.1, 0.15) is 27.5 Å². The minimum atomic E-state index is -0.943. The van der Waals surface area contributed by atoms with E-state index in [1.54, 1.807) is 60.8 Å². The molecule has 0 radical (unpaired) electrons. The van der Waals surface area contributed by atoms with Gasteiger partial charge in [0.2, 0.25) is 11.8 Å². The summed E-state index contributed by atoms with van der Waals surface area (Å²) in [5, 5.41) is 6.26. The molecule has 3 aromatic rings. The number of carbonyl (C=O) groups is 3. The first-order valence-corrected chi connectivity index (χ1v) is 12.4. The van der Waals surface area contributed by atoms with Crippen molar-refractivity contribution in [2.45, 2.75) is 12.1 Å². The molecule has 2 fully saturated rings. The molecule has 0 aromatic heterocycles. The largest absolute Gasteiger partial charge is 0.497 e. The van der Waals surface area contributed by atoms with Gasteiger partial charge in [-0.25, -0.2) is 4.90 Å². The van der Waals surface area contributed by atoms with Crippen molar-refractivity contribution in [3.63, 3.8) is 0 Å². The van der Waals surface area contributed by atoms with Crippen molar-refractivity contribution in [3.05, 3.63) is 83.4 Å². The highest BCUT2D eigenvalue weighted by Gasteiger charge is 2.65. The number of hydrogen-bond donors (Lipinski definition) is 0. The number of hydrazone groups is 1. The van der Waals surface area contributed by atoms with Gasteiger partial charge in [-0.3, -0.25) is 19.4 Å². The maximum Gasteiger partial charge on any atom is 0.240 e. The summed E-state index contributed by atoms with van der Waals surface area (Å²) in [5.41, 5.74) is 2.55. The Morgan fingerprint density at radius 1 is 0.921 bits per heavy atom. The quantitative estimate of drug-likeness (QED) is 0.394. The number of nitrogens with zero attached hydrogens (tertiary/aromatic N) is 3. The summed E-state index contributed by atoms with van der Waals surface area (Å²) in [7, 11) is 1.55. The molecule has 2 amide bonds. The second-order valence-electron chi connectivity index (χ2n) is 9.63. The van der Waals surface area contributed by atoms with Crippen LogP contribution < -0.4 is 19.1 Å². The van der Waals surface area contributed by atoms with Crippen LogP contribution in [0.5, 0.6) is 17.2 Å². The van der Waals surface area contributed by atoms with Crippen LogP contribution in [0.25, 0.3) is 0 Å². The molecule has 2 saturated heterocycles. The summed E-state index contributed by atoms with van der Waals surface area (Å²) in [6.07, 6.45) is 1.69. The Kier molecular flexibility index (Phi) is 5.01. The monoisotopic (exact) mass is 509 g/mol. The predicted molar refractivity (Wildman–Crippen MR) is 137 cm³/mol. The van der Waals surface area contributed by atoms with Gasteiger partial charge in [0.05, 0.1) is 36.9 Å². The van der Waals surface area contributed by atoms with Crippen LogP contribution in [0, 0.1) is 11.8 Å². The third-order valence-electron chi connectivity index (χ3n) is 7.72. The molecule has 9 nitrogen and oxygen atoms in total. The zero-order valence-corrected chi connectivity index (χ0v) is 20.4. The van der Waals surface area contributed by atoms with Gasteiger partial charge in [-0.1, -0.05) is 24.3 Å². The molecule has 0 spiro atoms. The van der Waals surface area contributed by atoms with Crippen molar-refractivity contribution in [3.8, 4) is 17.2 Å². The summed E-state index contributed by atoms with van der Waals surface area (Å²) in [6, 6.07) is 17.9. The number of hydrogen-bond acceptors (Lipinski definition) is 8. The molecule has 0 N–H and O–H groups in total. The molecule has 0 saturated carbocycles. The molecule has 4 aliphatic rings. The molecular weight excluding hydrogens is 486 g/mol. The zero-order chi connectivity index (χ0) is 26.0. The highest BCUT2D eigenvalue weighted by Crippen LogP contribution is 2.53. The normalized spacial score (nSPS) is 24.7. The van der Waals surface area contributed by atoms with E-state index < -0.39 is 29.8 Å². The maximum atomic E-state index is 14.1. The Balaban J connectivity index is 1.33. The van der Waals surface area contributed by atoms with E-state index >= 15 is 0 Å². The number of ether oxygens (including phenoxy) is 3. The lowest BCUT2D eigenvalue weighted by Crippen LogP contribution is -2.44. The molecule has 3 aromatic carbocycles. The van der Waals surface area contributed by atoms with Crippen LogP contribution in [-0.4, -0.2) is 55.2 Å². The molecule has 190 valence electrons. The van der Waals surface area contributed by atoms with E-state index in [2.05, 4.69) is 5.10 Å². The molecule has 7 rings (SSSR count). The van der Waals surface area contributed by atoms with E-state index in [0.717, 1.165) is 11.1 Å². The molecule has 38 heavy (non-hydrogen) atoms. The average molecular weight is 510 g/mol. The number of benzene rings is 3. The van der Waals surface area contributed by atoms with Crippen molar-refractivity contribution in [2.75, 3.05) is 25.2 Å². The number of fused-ring (bicyclic) bond motifs is 6. The number of methoxy groups -OCH3 is 1. The smallest absolute Gasteiger partial charge is 0.240 e. The van der Waals surface area contributed by atoms with Gasteiger partial charge in [-0.15, -0.1) is 0 Å². The molecule has 4 atom stereocenters. The fourth-order valence-electron chi connectivity index (χ4n) is 6.02. The Morgan fingerprint density at radius 3 is 2.45 bits per heavy atom. The number of Topliss-reactive ketones (excluding diaryl/α,β-unsaturated/α-hetero) is 1. The number of anilines is 1. The van der Waals surface area contributed by atoms with E-state index in [4.69, 9.17) is 14.2 Å². The molecule has 0 aliphatic carbocycles. The van der Waals surface area contributed by atoms with E-state index in [1.807, 2.05) is 24.3 Å². The van der Waals surface area contributed by atoms with Gasteiger partial charge in [0.1, 0.15) is 25.0 Å². The maximum absolute atomic E-state index is 14.1. The van der Waals surface area contributed by atoms with E-state index in [1.165, 1.54) is 4.90 Å². The average Bonchev–Trinajstić information content (AvgIpc) is 3.44. The van der Waals surface area contributed by atoms with Gasteiger partial charge in [-0.2, -0.15) is 5.10 Å². The SMILES string of the molecule is COc1ccc(C(=O)[C@@H]2[C@H]3C(=O)N(c4ccc5c(c4)OCCO5)C(=O)[C@@H]3[C@H]3c4ccccc4C=NN23)cc1. The standard InChI is InChI=1S/C29H23N3O6/c1-36-19-9-6-16(7-10-19)27(33)26-24-23(25-20-5-3-2-4-17(20)15-30-32(25)26)28(34)31(29(24)35)18-8-11-21-22(14-18)38-13-12-37-21/h2-11,14-15,23-26H,12-13H2,1H3/t23-,24-,25+,26-/m0/s1. The van der Waals surface area contributed by atoms with Crippen molar-refractivity contribution in [1.29, 1.82) is 0 Å². The van der Waals surface area contributed by atoms with E-state index in [9.17, 15) is 14.4 Å². The van der Waals surface area contributed by atoms with Crippen molar-refractivity contribution in [2.24, 2.45) is 16.9 Å². The molecule has 9 heteroatoms.